The molecule has 0 aliphatic carbocycles. The highest BCUT2D eigenvalue weighted by atomic mass is 32.1. The van der Waals surface area contributed by atoms with E-state index in [0.29, 0.717) is 19.4 Å². The van der Waals surface area contributed by atoms with Gasteiger partial charge in [-0.25, -0.2) is 0 Å². The second kappa shape index (κ2) is 16.5. The van der Waals surface area contributed by atoms with Crippen LogP contribution in [0.1, 0.15) is 25.7 Å². The molecule has 0 aliphatic heterocycles. The Hall–Kier alpha value is -2.42. The summed E-state index contributed by atoms with van der Waals surface area (Å²) in [6.45, 7) is -0.0656. The number of carboxylic acids is 3. The van der Waals surface area contributed by atoms with Crippen molar-refractivity contribution in [2.75, 3.05) is 18.8 Å². The molecule has 0 spiro atoms. The minimum absolute atomic E-state index is 0.0256. The molecule has 0 saturated carbocycles. The van der Waals surface area contributed by atoms with E-state index in [1.165, 1.54) is 0 Å². The molecule has 0 aliphatic rings. The number of aliphatic carboxylic acids is 3. The molecular formula is C15H29N5O8S. The molecule has 29 heavy (non-hydrogen) atoms. The Morgan fingerprint density at radius 2 is 1.45 bits per heavy atom. The van der Waals surface area contributed by atoms with Crippen molar-refractivity contribution in [3.8, 4) is 0 Å². The largest absolute Gasteiger partial charge is 0.480 e. The Labute approximate surface area is 172 Å². The highest BCUT2D eigenvalue weighted by Crippen LogP contribution is 1.97. The van der Waals surface area contributed by atoms with Gasteiger partial charge in [-0.15, -0.1) is 0 Å². The number of thiol groups is 1. The normalized spacial score (nSPS) is 13.1. The van der Waals surface area contributed by atoms with Crippen LogP contribution in [-0.2, 0) is 24.0 Å². The van der Waals surface area contributed by atoms with Gasteiger partial charge in [0.05, 0.1) is 0 Å². The van der Waals surface area contributed by atoms with E-state index >= 15 is 0 Å². The molecule has 0 aromatic heterocycles. The minimum atomic E-state index is -1.22. The van der Waals surface area contributed by atoms with E-state index in [-0.39, 0.29) is 18.6 Å². The fourth-order valence-corrected chi connectivity index (χ4v) is 1.87. The molecule has 0 rings (SSSR count). The van der Waals surface area contributed by atoms with Crippen molar-refractivity contribution in [3.63, 3.8) is 0 Å². The van der Waals surface area contributed by atoms with Crippen molar-refractivity contribution in [3.05, 3.63) is 0 Å². The summed E-state index contributed by atoms with van der Waals surface area (Å²) >= 11 is 3.87. The smallest absolute Gasteiger partial charge is 0.322 e. The van der Waals surface area contributed by atoms with E-state index in [0.717, 1.165) is 0 Å². The zero-order valence-corrected chi connectivity index (χ0v) is 16.6. The maximum absolute atomic E-state index is 11.5. The first-order valence-electron chi connectivity index (χ1n) is 8.52. The first-order valence-corrected chi connectivity index (χ1v) is 9.16. The average Bonchev–Trinajstić information content (AvgIpc) is 2.66. The quantitative estimate of drug-likeness (QED) is 0.130. The summed E-state index contributed by atoms with van der Waals surface area (Å²) in [7, 11) is 0. The Balaban J connectivity index is 0. The van der Waals surface area contributed by atoms with Gasteiger partial charge in [-0.05, 0) is 25.8 Å². The van der Waals surface area contributed by atoms with E-state index in [9.17, 15) is 24.0 Å². The number of carbonyl (C=O) groups excluding carboxylic acids is 2. The van der Waals surface area contributed by atoms with Gasteiger partial charge in [0.25, 0.3) is 0 Å². The molecule has 0 aromatic carbocycles. The molecular weight excluding hydrogens is 410 g/mol. The zero-order valence-electron chi connectivity index (χ0n) is 15.7. The summed E-state index contributed by atoms with van der Waals surface area (Å²) in [4.78, 5) is 53.8. The summed E-state index contributed by atoms with van der Waals surface area (Å²) in [5.41, 5.74) is 15.5. The van der Waals surface area contributed by atoms with Crippen LogP contribution in [0.15, 0.2) is 0 Å². The number of carboxylic acid groups (broad SMARTS) is 3. The van der Waals surface area contributed by atoms with Gasteiger partial charge < -0.3 is 43.2 Å². The van der Waals surface area contributed by atoms with Gasteiger partial charge in [-0.2, -0.15) is 12.6 Å². The topological polar surface area (TPSA) is 248 Å². The number of hydrogen-bond acceptors (Lipinski definition) is 9. The molecule has 11 N–H and O–H groups in total. The molecule has 0 heterocycles. The number of amides is 2. The van der Waals surface area contributed by atoms with Crippen LogP contribution in [0.25, 0.3) is 0 Å². The predicted octanol–water partition coefficient (Wildman–Crippen LogP) is -3.07. The molecule has 0 bridgehead atoms. The van der Waals surface area contributed by atoms with Crippen molar-refractivity contribution >= 4 is 42.4 Å². The molecule has 0 fully saturated rings. The number of nitrogens with one attached hydrogen (secondary N) is 2. The fourth-order valence-electron chi connectivity index (χ4n) is 1.62. The van der Waals surface area contributed by atoms with Crippen LogP contribution in [0.5, 0.6) is 0 Å². The van der Waals surface area contributed by atoms with Crippen molar-refractivity contribution in [2.24, 2.45) is 17.2 Å². The fraction of sp³-hybridized carbons (Fsp3) is 0.667. The van der Waals surface area contributed by atoms with Gasteiger partial charge >= 0.3 is 17.9 Å². The zero-order chi connectivity index (χ0) is 23.0. The molecule has 0 radical (unpaired) electrons. The van der Waals surface area contributed by atoms with Crippen molar-refractivity contribution in [1.82, 2.24) is 10.6 Å². The molecule has 3 atom stereocenters. The van der Waals surface area contributed by atoms with Gasteiger partial charge in [-0.3, -0.25) is 24.0 Å². The van der Waals surface area contributed by atoms with Crippen LogP contribution in [0, 0.1) is 0 Å². The molecule has 13 nitrogen and oxygen atoms in total. The third-order valence-corrected chi connectivity index (χ3v) is 3.65. The van der Waals surface area contributed by atoms with Crippen molar-refractivity contribution in [2.45, 2.75) is 43.8 Å². The summed E-state index contributed by atoms with van der Waals surface area (Å²) < 4.78 is 0. The number of rotatable bonds is 13. The third-order valence-electron chi connectivity index (χ3n) is 3.28. The lowest BCUT2D eigenvalue weighted by atomic mass is 10.1. The molecule has 14 heteroatoms. The first-order chi connectivity index (χ1) is 13.5. The second-order valence-corrected chi connectivity index (χ2v) is 6.14. The maximum Gasteiger partial charge on any atom is 0.322 e. The summed E-state index contributed by atoms with van der Waals surface area (Å²) in [6.07, 6.45) is 0.903. The molecule has 0 aromatic rings. The van der Waals surface area contributed by atoms with Gasteiger partial charge in [0.2, 0.25) is 11.8 Å². The van der Waals surface area contributed by atoms with Crippen molar-refractivity contribution < 1.29 is 39.3 Å². The minimum Gasteiger partial charge on any atom is -0.480 e. The van der Waals surface area contributed by atoms with E-state index in [1.54, 1.807) is 0 Å². The van der Waals surface area contributed by atoms with Crippen LogP contribution >= 0.6 is 12.6 Å². The lowest BCUT2D eigenvalue weighted by Gasteiger charge is -2.16. The van der Waals surface area contributed by atoms with Crippen molar-refractivity contribution in [1.29, 1.82) is 0 Å². The molecule has 0 saturated heterocycles. The van der Waals surface area contributed by atoms with Crippen LogP contribution in [0.3, 0.4) is 0 Å². The van der Waals surface area contributed by atoms with E-state index in [2.05, 4.69) is 23.3 Å². The molecule has 168 valence electrons. The van der Waals surface area contributed by atoms with E-state index in [4.69, 9.17) is 32.5 Å². The summed E-state index contributed by atoms with van der Waals surface area (Å²) in [6, 6.07) is -2.89. The SMILES string of the molecule is NC(CCC(=O)NC(CS)C(=O)NCC(=O)O)C(=O)O.NCCCC(N)C(=O)O. The highest BCUT2D eigenvalue weighted by Gasteiger charge is 2.20. The summed E-state index contributed by atoms with van der Waals surface area (Å²) in [5, 5.41) is 29.6. The molecule has 2 amide bonds. The Kier molecular flexibility index (Phi) is 16.4. The Bertz CT molecular complexity index is 563. The monoisotopic (exact) mass is 439 g/mol. The number of hydrogen-bond donors (Lipinski definition) is 9. The standard InChI is InChI=1S/C10H17N3O6S.C5H12N2O2/c11-5(10(18)19)1-2-7(14)13-6(4-20)9(17)12-3-8(15)16;6-3-1-2-4(7)5(8)9/h5-6,20H,1-4,11H2,(H,12,17)(H,13,14)(H,15,16)(H,18,19);4H,1-3,6-7H2,(H,8,9). The van der Waals surface area contributed by atoms with Gasteiger partial charge in [-0.1, -0.05) is 0 Å². The second-order valence-electron chi connectivity index (χ2n) is 5.77. The van der Waals surface area contributed by atoms with E-state index < -0.39 is 54.4 Å². The van der Waals surface area contributed by atoms with Gasteiger partial charge in [0.1, 0.15) is 24.7 Å². The van der Waals surface area contributed by atoms with Crippen LogP contribution in [0.4, 0.5) is 0 Å². The van der Waals surface area contributed by atoms with Crippen LogP contribution in [0.2, 0.25) is 0 Å². The van der Waals surface area contributed by atoms with E-state index in [1.807, 2.05) is 0 Å². The molecule has 3 unspecified atom stereocenters. The number of carbonyl (C=O) groups is 5. The Morgan fingerprint density at radius 3 is 1.86 bits per heavy atom. The first kappa shape index (κ1) is 28.8. The maximum atomic E-state index is 11.5. The van der Waals surface area contributed by atoms with Crippen LogP contribution in [-0.4, -0.2) is 82.0 Å². The van der Waals surface area contributed by atoms with Gasteiger partial charge in [0.15, 0.2) is 0 Å². The summed E-state index contributed by atoms with van der Waals surface area (Å²) in [5.74, 6) is -4.66. The van der Waals surface area contributed by atoms with Crippen LogP contribution < -0.4 is 27.8 Å². The highest BCUT2D eigenvalue weighted by molar-refractivity contribution is 7.80. The third kappa shape index (κ3) is 16.3. The predicted molar refractivity (Wildman–Crippen MR) is 105 cm³/mol. The van der Waals surface area contributed by atoms with Gasteiger partial charge in [0, 0.05) is 12.2 Å². The Morgan fingerprint density at radius 1 is 0.931 bits per heavy atom. The lowest BCUT2D eigenvalue weighted by molar-refractivity contribution is -0.139. The number of nitrogens with two attached hydrogens (primary N) is 3. The average molecular weight is 439 g/mol. The lowest BCUT2D eigenvalue weighted by Crippen LogP contribution is -2.49.